The van der Waals surface area contributed by atoms with Gasteiger partial charge in [-0.05, 0) is 30.9 Å². The highest BCUT2D eigenvalue weighted by Crippen LogP contribution is 2.22. The van der Waals surface area contributed by atoms with Gasteiger partial charge >= 0.3 is 0 Å². The van der Waals surface area contributed by atoms with Crippen LogP contribution in [0.15, 0.2) is 37.1 Å². The summed E-state index contributed by atoms with van der Waals surface area (Å²) in [7, 11) is 0. The Balaban J connectivity index is 1.57. The third-order valence-corrected chi connectivity index (χ3v) is 4.06. The topological polar surface area (TPSA) is 59.8 Å². The van der Waals surface area contributed by atoms with Gasteiger partial charge in [-0.3, -0.25) is 9.36 Å². The minimum absolute atomic E-state index is 0.0368. The second kappa shape index (κ2) is 6.52. The zero-order valence-electron chi connectivity index (χ0n) is 12.0. The predicted octanol–water partition coefficient (Wildman–Crippen LogP) is 2.58. The van der Waals surface area contributed by atoms with E-state index in [0.717, 1.165) is 12.4 Å². The normalized spacial score (nSPS) is 15.8. The van der Waals surface area contributed by atoms with Crippen molar-refractivity contribution < 1.29 is 4.79 Å². The van der Waals surface area contributed by atoms with Crippen LogP contribution in [0.2, 0.25) is 0 Å². The molecule has 0 bridgehead atoms. The van der Waals surface area contributed by atoms with Gasteiger partial charge in [-0.25, -0.2) is 9.97 Å². The molecule has 0 radical (unpaired) electrons. The van der Waals surface area contributed by atoms with Crippen molar-refractivity contribution in [1.29, 1.82) is 0 Å². The Morgan fingerprint density at radius 2 is 2.14 bits per heavy atom. The summed E-state index contributed by atoms with van der Waals surface area (Å²) in [4.78, 5) is 20.4. The molecule has 2 heterocycles. The molecule has 3 rings (SSSR count). The number of carbonyl (C=O) groups is 1. The van der Waals surface area contributed by atoms with Crippen LogP contribution >= 0.6 is 0 Å². The van der Waals surface area contributed by atoms with Crippen LogP contribution in [0.1, 0.15) is 42.5 Å². The lowest BCUT2D eigenvalue weighted by atomic mass is 9.89. The minimum Gasteiger partial charge on any atom is -0.352 e. The maximum absolute atomic E-state index is 12.1. The van der Waals surface area contributed by atoms with Crippen LogP contribution in [-0.2, 0) is 0 Å². The van der Waals surface area contributed by atoms with E-state index in [1.807, 2.05) is 16.8 Å². The molecule has 5 heteroatoms. The fourth-order valence-electron chi connectivity index (χ4n) is 2.80. The van der Waals surface area contributed by atoms with Crippen LogP contribution in [0.3, 0.4) is 0 Å². The molecule has 0 unspecified atom stereocenters. The van der Waals surface area contributed by atoms with Gasteiger partial charge in [0.25, 0.3) is 5.91 Å². The Labute approximate surface area is 124 Å². The smallest absolute Gasteiger partial charge is 0.252 e. The molecule has 1 fully saturated rings. The monoisotopic (exact) mass is 284 g/mol. The van der Waals surface area contributed by atoms with Crippen molar-refractivity contribution in [3.05, 3.63) is 42.6 Å². The fraction of sp³-hybridized carbons (Fsp3) is 0.438. The number of rotatable bonds is 4. The second-order valence-electron chi connectivity index (χ2n) is 5.59. The quantitative estimate of drug-likeness (QED) is 0.938. The van der Waals surface area contributed by atoms with E-state index < -0.39 is 0 Å². The molecule has 110 valence electrons. The van der Waals surface area contributed by atoms with Crippen LogP contribution in [0, 0.1) is 5.92 Å². The van der Waals surface area contributed by atoms with Crippen LogP contribution in [0.25, 0.3) is 5.82 Å². The summed E-state index contributed by atoms with van der Waals surface area (Å²) in [5, 5.41) is 3.02. The molecule has 21 heavy (non-hydrogen) atoms. The molecule has 0 aliphatic heterocycles. The third kappa shape index (κ3) is 3.48. The number of hydrogen-bond acceptors (Lipinski definition) is 3. The van der Waals surface area contributed by atoms with E-state index >= 15 is 0 Å². The Morgan fingerprint density at radius 3 is 2.81 bits per heavy atom. The van der Waals surface area contributed by atoms with Crippen LogP contribution in [0.5, 0.6) is 0 Å². The molecule has 1 amide bonds. The molecule has 0 aromatic carbocycles. The minimum atomic E-state index is -0.0368. The molecule has 5 nitrogen and oxygen atoms in total. The number of nitrogens with one attached hydrogen (secondary N) is 1. The van der Waals surface area contributed by atoms with Crippen molar-refractivity contribution in [2.75, 3.05) is 6.54 Å². The van der Waals surface area contributed by atoms with Crippen molar-refractivity contribution in [2.24, 2.45) is 5.92 Å². The maximum atomic E-state index is 12.1. The number of amides is 1. The third-order valence-electron chi connectivity index (χ3n) is 4.06. The van der Waals surface area contributed by atoms with E-state index in [2.05, 4.69) is 15.3 Å². The molecular weight excluding hydrogens is 264 g/mol. The number of pyridine rings is 1. The average Bonchev–Trinajstić information content (AvgIpc) is 3.08. The second-order valence-corrected chi connectivity index (χ2v) is 5.59. The highest BCUT2D eigenvalue weighted by atomic mass is 16.1. The number of hydrogen-bond donors (Lipinski definition) is 1. The largest absolute Gasteiger partial charge is 0.352 e. The van der Waals surface area contributed by atoms with Crippen LogP contribution < -0.4 is 5.32 Å². The van der Waals surface area contributed by atoms with Crippen LogP contribution in [0.4, 0.5) is 0 Å². The number of nitrogens with zero attached hydrogens (tertiary/aromatic N) is 3. The maximum Gasteiger partial charge on any atom is 0.252 e. The van der Waals surface area contributed by atoms with Gasteiger partial charge < -0.3 is 5.32 Å². The first-order valence-electron chi connectivity index (χ1n) is 7.55. The van der Waals surface area contributed by atoms with E-state index in [1.54, 1.807) is 24.8 Å². The van der Waals surface area contributed by atoms with Crippen molar-refractivity contribution in [2.45, 2.75) is 32.1 Å². The lowest BCUT2D eigenvalue weighted by Crippen LogP contribution is -2.30. The van der Waals surface area contributed by atoms with Gasteiger partial charge in [0.05, 0.1) is 5.56 Å². The first-order chi connectivity index (χ1) is 10.3. The van der Waals surface area contributed by atoms with Gasteiger partial charge in [-0.2, -0.15) is 0 Å². The summed E-state index contributed by atoms with van der Waals surface area (Å²) in [6.45, 7) is 0.780. The summed E-state index contributed by atoms with van der Waals surface area (Å²) in [6.07, 6.45) is 13.2. The molecule has 2 aromatic rings. The Morgan fingerprint density at radius 1 is 1.29 bits per heavy atom. The van der Waals surface area contributed by atoms with Gasteiger partial charge in [0.2, 0.25) is 0 Å². The standard InChI is InChI=1S/C16H20N4O/c21-16(19-10-13-4-2-1-3-5-13)14-6-7-15(18-11-14)20-9-8-17-12-20/h6-9,11-13H,1-5,10H2,(H,19,21). The average molecular weight is 284 g/mol. The molecule has 1 aliphatic rings. The lowest BCUT2D eigenvalue weighted by Gasteiger charge is -2.21. The van der Waals surface area contributed by atoms with Gasteiger partial charge in [0.1, 0.15) is 12.1 Å². The Bertz CT molecular complexity index is 571. The highest BCUT2D eigenvalue weighted by molar-refractivity contribution is 5.93. The van der Waals surface area contributed by atoms with Gasteiger partial charge in [0, 0.05) is 25.1 Å². The van der Waals surface area contributed by atoms with E-state index in [0.29, 0.717) is 11.5 Å². The molecule has 0 spiro atoms. The summed E-state index contributed by atoms with van der Waals surface area (Å²) in [5.41, 5.74) is 0.606. The van der Waals surface area contributed by atoms with E-state index in [4.69, 9.17) is 0 Å². The number of imidazole rings is 1. The Kier molecular flexibility index (Phi) is 4.28. The predicted molar refractivity (Wildman–Crippen MR) is 80.3 cm³/mol. The highest BCUT2D eigenvalue weighted by Gasteiger charge is 2.15. The summed E-state index contributed by atoms with van der Waals surface area (Å²) in [5.74, 6) is 1.36. The number of aromatic nitrogens is 3. The molecular formula is C16H20N4O. The van der Waals surface area contributed by atoms with Crippen molar-refractivity contribution >= 4 is 5.91 Å². The summed E-state index contributed by atoms with van der Waals surface area (Å²) >= 11 is 0. The molecule has 1 N–H and O–H groups in total. The lowest BCUT2D eigenvalue weighted by molar-refractivity contribution is 0.0943. The molecule has 0 saturated heterocycles. The van der Waals surface area contributed by atoms with E-state index in [9.17, 15) is 4.79 Å². The molecule has 0 atom stereocenters. The molecule has 1 saturated carbocycles. The first kappa shape index (κ1) is 13.8. The van der Waals surface area contributed by atoms with Crippen LogP contribution in [-0.4, -0.2) is 27.0 Å². The zero-order chi connectivity index (χ0) is 14.5. The van der Waals surface area contributed by atoms with Crippen molar-refractivity contribution in [3.8, 4) is 5.82 Å². The van der Waals surface area contributed by atoms with Gasteiger partial charge in [-0.1, -0.05) is 19.3 Å². The SMILES string of the molecule is O=C(NCC1CCCCC1)c1ccc(-n2ccnc2)nc1. The molecule has 1 aliphatic carbocycles. The van der Waals surface area contributed by atoms with E-state index in [1.165, 1.54) is 32.1 Å². The van der Waals surface area contributed by atoms with Crippen molar-refractivity contribution in [1.82, 2.24) is 19.9 Å². The zero-order valence-corrected chi connectivity index (χ0v) is 12.0. The number of carbonyl (C=O) groups excluding carboxylic acids is 1. The summed E-state index contributed by atoms with van der Waals surface area (Å²) < 4.78 is 1.81. The Hall–Kier alpha value is -2.17. The first-order valence-corrected chi connectivity index (χ1v) is 7.55. The fourth-order valence-corrected chi connectivity index (χ4v) is 2.80. The van der Waals surface area contributed by atoms with Gasteiger partial charge in [0.15, 0.2) is 0 Å². The van der Waals surface area contributed by atoms with Gasteiger partial charge in [-0.15, -0.1) is 0 Å². The van der Waals surface area contributed by atoms with E-state index in [-0.39, 0.29) is 5.91 Å². The van der Waals surface area contributed by atoms with Crippen molar-refractivity contribution in [3.63, 3.8) is 0 Å². The summed E-state index contributed by atoms with van der Waals surface area (Å²) in [6, 6.07) is 3.63. The molecule has 2 aromatic heterocycles.